The number of rotatable bonds is 1. The van der Waals surface area contributed by atoms with Crippen molar-refractivity contribution >= 4 is 17.9 Å². The van der Waals surface area contributed by atoms with Crippen LogP contribution in [0.25, 0.3) is 0 Å². The minimum Gasteiger partial charge on any atom is -0.359 e. The molecule has 1 rings (SSSR count). The summed E-state index contributed by atoms with van der Waals surface area (Å²) >= 11 is 0. The predicted molar refractivity (Wildman–Crippen MR) is 51.1 cm³/mol. The van der Waals surface area contributed by atoms with Gasteiger partial charge in [-0.3, -0.25) is 5.32 Å². The number of alkyl halides is 3. The molecule has 18 heavy (non-hydrogen) atoms. The number of hydrogen-bond donors (Lipinski definition) is 2. The van der Waals surface area contributed by atoms with Crippen molar-refractivity contribution in [3.8, 4) is 0 Å². The van der Waals surface area contributed by atoms with Gasteiger partial charge in [-0.2, -0.15) is 13.2 Å². The highest BCUT2D eigenvalue weighted by Crippen LogP contribution is 2.32. The van der Waals surface area contributed by atoms with E-state index in [4.69, 9.17) is 0 Å². The fourth-order valence-electron chi connectivity index (χ4n) is 1.06. The van der Waals surface area contributed by atoms with Gasteiger partial charge in [0, 0.05) is 5.69 Å². The summed E-state index contributed by atoms with van der Waals surface area (Å²) in [6, 6.07) is 1.68. The fourth-order valence-corrected chi connectivity index (χ4v) is 1.06. The monoisotopic (exact) mass is 266 g/mol. The standard InChI is InChI=1S/C9H6F4N2O3/c10-6-3-4(15-8(17)18-7(14)16)1-2-5(6)9(11,12)13/h1-3H,(H2,14,16)(H,15,17). The Morgan fingerprint density at radius 3 is 2.33 bits per heavy atom. The lowest BCUT2D eigenvalue weighted by Gasteiger charge is -2.09. The first-order valence-corrected chi connectivity index (χ1v) is 4.35. The van der Waals surface area contributed by atoms with Crippen LogP contribution >= 0.6 is 0 Å². The van der Waals surface area contributed by atoms with Crippen LogP contribution < -0.4 is 11.1 Å². The van der Waals surface area contributed by atoms with Crippen molar-refractivity contribution in [2.75, 3.05) is 5.32 Å². The van der Waals surface area contributed by atoms with Crippen LogP contribution in [0.15, 0.2) is 18.2 Å². The number of ether oxygens (including phenoxy) is 1. The maximum atomic E-state index is 13.1. The van der Waals surface area contributed by atoms with Gasteiger partial charge in [-0.05, 0) is 18.2 Å². The molecule has 0 bridgehead atoms. The number of nitrogens with one attached hydrogen (secondary N) is 1. The van der Waals surface area contributed by atoms with E-state index in [1.165, 1.54) is 0 Å². The molecule has 0 aliphatic rings. The van der Waals surface area contributed by atoms with Gasteiger partial charge in [0.25, 0.3) is 0 Å². The number of amides is 2. The predicted octanol–water partition coefficient (Wildman–Crippen LogP) is 2.47. The second-order valence-corrected chi connectivity index (χ2v) is 3.03. The molecule has 0 unspecified atom stereocenters. The lowest BCUT2D eigenvalue weighted by atomic mass is 10.2. The Balaban J connectivity index is 2.85. The maximum absolute atomic E-state index is 13.1. The van der Waals surface area contributed by atoms with Crippen LogP contribution in [0.5, 0.6) is 0 Å². The summed E-state index contributed by atoms with van der Waals surface area (Å²) in [6.07, 6.45) is -7.57. The van der Waals surface area contributed by atoms with E-state index in [2.05, 4.69) is 10.5 Å². The van der Waals surface area contributed by atoms with E-state index >= 15 is 0 Å². The Morgan fingerprint density at radius 1 is 1.28 bits per heavy atom. The first kappa shape index (κ1) is 13.7. The second-order valence-electron chi connectivity index (χ2n) is 3.03. The quantitative estimate of drug-likeness (QED) is 0.605. The van der Waals surface area contributed by atoms with Gasteiger partial charge in [-0.15, -0.1) is 0 Å². The smallest absolute Gasteiger partial charge is 0.359 e. The minimum atomic E-state index is -4.84. The van der Waals surface area contributed by atoms with Crippen LogP contribution in [0.1, 0.15) is 5.56 Å². The van der Waals surface area contributed by atoms with Gasteiger partial charge in [0.05, 0.1) is 5.56 Å². The first-order chi connectivity index (χ1) is 8.20. The highest BCUT2D eigenvalue weighted by Gasteiger charge is 2.34. The Bertz CT molecular complexity index is 487. The summed E-state index contributed by atoms with van der Waals surface area (Å²) in [7, 11) is 0. The highest BCUT2D eigenvalue weighted by molar-refractivity contribution is 5.91. The third kappa shape index (κ3) is 3.61. The van der Waals surface area contributed by atoms with E-state index < -0.39 is 29.7 Å². The summed E-state index contributed by atoms with van der Waals surface area (Å²) in [4.78, 5) is 21.0. The third-order valence-electron chi connectivity index (χ3n) is 1.71. The summed E-state index contributed by atoms with van der Waals surface area (Å²) < 4.78 is 53.5. The van der Waals surface area contributed by atoms with E-state index in [1.807, 2.05) is 5.32 Å². The number of primary amides is 1. The molecular formula is C9H6F4N2O3. The molecule has 9 heteroatoms. The molecular weight excluding hydrogens is 260 g/mol. The summed E-state index contributed by atoms with van der Waals surface area (Å²) in [6.45, 7) is 0. The lowest BCUT2D eigenvalue weighted by molar-refractivity contribution is -0.139. The van der Waals surface area contributed by atoms with Crippen molar-refractivity contribution in [1.29, 1.82) is 0 Å². The zero-order chi connectivity index (χ0) is 13.9. The van der Waals surface area contributed by atoms with Crippen molar-refractivity contribution in [1.82, 2.24) is 0 Å². The minimum absolute atomic E-state index is 0.313. The largest absolute Gasteiger partial charge is 0.420 e. The molecule has 0 radical (unpaired) electrons. The fraction of sp³-hybridized carbons (Fsp3) is 0.111. The van der Waals surface area contributed by atoms with E-state index in [-0.39, 0.29) is 5.69 Å². The second kappa shape index (κ2) is 4.90. The molecule has 0 spiro atoms. The van der Waals surface area contributed by atoms with Crippen LogP contribution in [0.3, 0.4) is 0 Å². The van der Waals surface area contributed by atoms with Gasteiger partial charge in [-0.1, -0.05) is 0 Å². The van der Waals surface area contributed by atoms with Gasteiger partial charge in [-0.25, -0.2) is 14.0 Å². The van der Waals surface area contributed by atoms with Gasteiger partial charge in [0.15, 0.2) is 0 Å². The average molecular weight is 266 g/mol. The number of benzene rings is 1. The van der Waals surface area contributed by atoms with Crippen LogP contribution in [0.2, 0.25) is 0 Å². The van der Waals surface area contributed by atoms with Crippen molar-refractivity contribution in [2.24, 2.45) is 5.73 Å². The van der Waals surface area contributed by atoms with E-state index in [9.17, 15) is 27.2 Å². The van der Waals surface area contributed by atoms with Gasteiger partial charge >= 0.3 is 18.4 Å². The number of anilines is 1. The molecule has 3 N–H and O–H groups in total. The molecule has 0 aliphatic carbocycles. The van der Waals surface area contributed by atoms with Gasteiger partial charge in [0.1, 0.15) is 5.82 Å². The van der Waals surface area contributed by atoms with Gasteiger partial charge < -0.3 is 10.5 Å². The van der Waals surface area contributed by atoms with Gasteiger partial charge in [0.2, 0.25) is 0 Å². The Kier molecular flexibility index (Phi) is 3.74. The van der Waals surface area contributed by atoms with Crippen molar-refractivity contribution in [3.05, 3.63) is 29.6 Å². The average Bonchev–Trinajstić information content (AvgIpc) is 2.13. The number of carbonyl (C=O) groups excluding carboxylic acids is 2. The molecule has 0 aromatic heterocycles. The molecule has 0 saturated heterocycles. The van der Waals surface area contributed by atoms with Crippen molar-refractivity contribution in [3.63, 3.8) is 0 Å². The van der Waals surface area contributed by atoms with Crippen LogP contribution in [0, 0.1) is 5.82 Å². The van der Waals surface area contributed by atoms with Crippen LogP contribution in [-0.2, 0) is 10.9 Å². The Hall–Kier alpha value is -2.32. The molecule has 0 fully saturated rings. The SMILES string of the molecule is NC(=O)OC(=O)Nc1ccc(C(F)(F)F)c(F)c1. The molecule has 0 atom stereocenters. The number of hydrogen-bond acceptors (Lipinski definition) is 3. The third-order valence-corrected chi connectivity index (χ3v) is 1.71. The first-order valence-electron chi connectivity index (χ1n) is 4.35. The van der Waals surface area contributed by atoms with Crippen LogP contribution in [0.4, 0.5) is 32.8 Å². The zero-order valence-electron chi connectivity index (χ0n) is 8.55. The molecule has 1 aromatic rings. The Labute approximate surface area is 97.5 Å². The molecule has 1 aromatic carbocycles. The summed E-state index contributed by atoms with van der Waals surface area (Å²) in [5.41, 5.74) is 2.72. The summed E-state index contributed by atoms with van der Waals surface area (Å²) in [5.74, 6) is -1.57. The van der Waals surface area contributed by atoms with Crippen LogP contribution in [-0.4, -0.2) is 12.2 Å². The number of halogens is 4. The molecule has 2 amide bonds. The van der Waals surface area contributed by atoms with E-state index in [0.29, 0.717) is 12.1 Å². The van der Waals surface area contributed by atoms with E-state index in [1.54, 1.807) is 0 Å². The van der Waals surface area contributed by atoms with E-state index in [0.717, 1.165) is 6.07 Å². The highest BCUT2D eigenvalue weighted by atomic mass is 19.4. The molecule has 0 saturated carbocycles. The molecule has 98 valence electrons. The zero-order valence-corrected chi connectivity index (χ0v) is 8.55. The normalized spacial score (nSPS) is 10.9. The van der Waals surface area contributed by atoms with Crippen molar-refractivity contribution in [2.45, 2.75) is 6.18 Å². The molecule has 5 nitrogen and oxygen atoms in total. The topological polar surface area (TPSA) is 81.4 Å². The maximum Gasteiger partial charge on any atom is 0.420 e. The molecule has 0 aliphatic heterocycles. The number of carbonyl (C=O) groups is 2. The van der Waals surface area contributed by atoms with Crippen molar-refractivity contribution < 1.29 is 31.9 Å². The number of nitrogens with two attached hydrogens (primary N) is 1. The lowest BCUT2D eigenvalue weighted by Crippen LogP contribution is -2.22. The molecule has 0 heterocycles. The summed E-state index contributed by atoms with van der Waals surface area (Å²) in [5, 5.41) is 1.82. The Morgan fingerprint density at radius 2 is 1.89 bits per heavy atom.